The molecule has 0 aliphatic rings. The molecule has 0 spiro atoms. The van der Waals surface area contributed by atoms with Crippen LogP contribution in [0.1, 0.15) is 37.9 Å². The summed E-state index contributed by atoms with van der Waals surface area (Å²) in [5, 5.41) is 5.43. The quantitative estimate of drug-likeness (QED) is 0.738. The van der Waals surface area contributed by atoms with E-state index in [1.807, 2.05) is 52.0 Å². The van der Waals surface area contributed by atoms with Crippen LogP contribution in [0, 0.1) is 12.8 Å². The van der Waals surface area contributed by atoms with Crippen molar-refractivity contribution < 1.29 is 9.59 Å². The highest BCUT2D eigenvalue weighted by Gasteiger charge is 2.18. The standard InChI is InChI=1S/C16H25N3O2/c1-10(2)15(17)16(21)18-9-14(20)19-12(4)13-8-6-5-7-11(13)3/h5-8,10,12,15H,9,17H2,1-4H3,(H,18,21)(H,19,20)/t12-,15+/m1/s1. The Morgan fingerprint density at radius 3 is 2.38 bits per heavy atom. The van der Waals surface area contributed by atoms with Crippen LogP contribution >= 0.6 is 0 Å². The molecule has 21 heavy (non-hydrogen) atoms. The Morgan fingerprint density at radius 2 is 1.81 bits per heavy atom. The number of rotatable bonds is 6. The van der Waals surface area contributed by atoms with E-state index in [9.17, 15) is 9.59 Å². The largest absolute Gasteiger partial charge is 0.348 e. The smallest absolute Gasteiger partial charge is 0.239 e. The highest BCUT2D eigenvalue weighted by atomic mass is 16.2. The molecule has 0 saturated carbocycles. The molecule has 0 fully saturated rings. The SMILES string of the molecule is Cc1ccccc1[C@@H](C)NC(=O)CNC(=O)[C@@H](N)C(C)C. The lowest BCUT2D eigenvalue weighted by Gasteiger charge is -2.18. The first-order valence-corrected chi connectivity index (χ1v) is 7.21. The second kappa shape index (κ2) is 7.78. The van der Waals surface area contributed by atoms with Crippen molar-refractivity contribution in [3.63, 3.8) is 0 Å². The number of benzene rings is 1. The predicted octanol–water partition coefficient (Wildman–Crippen LogP) is 1.27. The Morgan fingerprint density at radius 1 is 1.19 bits per heavy atom. The van der Waals surface area contributed by atoms with Gasteiger partial charge in [0.2, 0.25) is 11.8 Å². The molecule has 0 aliphatic carbocycles. The van der Waals surface area contributed by atoms with Gasteiger partial charge in [0.15, 0.2) is 0 Å². The zero-order valence-electron chi connectivity index (χ0n) is 13.1. The number of aryl methyl sites for hydroxylation is 1. The summed E-state index contributed by atoms with van der Waals surface area (Å²) in [5.41, 5.74) is 7.90. The van der Waals surface area contributed by atoms with Crippen LogP contribution in [0.4, 0.5) is 0 Å². The van der Waals surface area contributed by atoms with Gasteiger partial charge in [-0.1, -0.05) is 38.1 Å². The molecule has 0 heterocycles. The number of hydrogen-bond acceptors (Lipinski definition) is 3. The molecule has 5 nitrogen and oxygen atoms in total. The topological polar surface area (TPSA) is 84.2 Å². The van der Waals surface area contributed by atoms with E-state index < -0.39 is 6.04 Å². The molecule has 2 amide bonds. The Hall–Kier alpha value is -1.88. The highest BCUT2D eigenvalue weighted by molar-refractivity contribution is 5.87. The third-order valence-electron chi connectivity index (χ3n) is 3.48. The summed E-state index contributed by atoms with van der Waals surface area (Å²) in [6.45, 7) is 7.59. The molecule has 0 aromatic heterocycles. The lowest BCUT2D eigenvalue weighted by atomic mass is 10.0. The molecule has 0 saturated heterocycles. The maximum Gasteiger partial charge on any atom is 0.239 e. The van der Waals surface area contributed by atoms with Crippen molar-refractivity contribution in [2.24, 2.45) is 11.7 Å². The third-order valence-corrected chi connectivity index (χ3v) is 3.48. The van der Waals surface area contributed by atoms with Crippen molar-refractivity contribution in [1.29, 1.82) is 0 Å². The van der Waals surface area contributed by atoms with Gasteiger partial charge in [0.05, 0.1) is 18.6 Å². The van der Waals surface area contributed by atoms with Crippen LogP contribution in [0.5, 0.6) is 0 Å². The van der Waals surface area contributed by atoms with Gasteiger partial charge in [-0.15, -0.1) is 0 Å². The second-order valence-corrected chi connectivity index (χ2v) is 5.63. The van der Waals surface area contributed by atoms with Crippen molar-refractivity contribution in [2.75, 3.05) is 6.54 Å². The normalized spacial score (nSPS) is 13.6. The van der Waals surface area contributed by atoms with Crippen molar-refractivity contribution in [3.05, 3.63) is 35.4 Å². The van der Waals surface area contributed by atoms with E-state index >= 15 is 0 Å². The molecule has 0 unspecified atom stereocenters. The van der Waals surface area contributed by atoms with Gasteiger partial charge < -0.3 is 16.4 Å². The van der Waals surface area contributed by atoms with Crippen LogP contribution in [0.3, 0.4) is 0 Å². The van der Waals surface area contributed by atoms with E-state index in [1.165, 1.54) is 0 Å². The zero-order chi connectivity index (χ0) is 16.0. The number of hydrogen-bond donors (Lipinski definition) is 3. The molecule has 1 aromatic carbocycles. The second-order valence-electron chi connectivity index (χ2n) is 5.63. The van der Waals surface area contributed by atoms with Crippen molar-refractivity contribution in [1.82, 2.24) is 10.6 Å². The molecule has 116 valence electrons. The maximum atomic E-state index is 11.9. The number of carbonyl (C=O) groups is 2. The van der Waals surface area contributed by atoms with Gasteiger partial charge in [0.25, 0.3) is 0 Å². The zero-order valence-corrected chi connectivity index (χ0v) is 13.1. The van der Waals surface area contributed by atoms with E-state index in [0.29, 0.717) is 0 Å². The molecule has 1 rings (SSSR count). The fraction of sp³-hybridized carbons (Fsp3) is 0.500. The van der Waals surface area contributed by atoms with E-state index in [4.69, 9.17) is 5.73 Å². The van der Waals surface area contributed by atoms with Crippen LogP contribution in [0.25, 0.3) is 0 Å². The summed E-state index contributed by atoms with van der Waals surface area (Å²) in [4.78, 5) is 23.6. The summed E-state index contributed by atoms with van der Waals surface area (Å²) < 4.78 is 0. The molecule has 2 atom stereocenters. The molecule has 1 aromatic rings. The van der Waals surface area contributed by atoms with Crippen LogP contribution in [-0.2, 0) is 9.59 Å². The first kappa shape index (κ1) is 17.2. The number of carbonyl (C=O) groups excluding carboxylic acids is 2. The Kier molecular flexibility index (Phi) is 6.37. The lowest BCUT2D eigenvalue weighted by Crippen LogP contribution is -2.47. The van der Waals surface area contributed by atoms with Gasteiger partial charge in [-0.3, -0.25) is 9.59 Å². The monoisotopic (exact) mass is 291 g/mol. The minimum absolute atomic E-state index is 0.0407. The maximum absolute atomic E-state index is 11.9. The average molecular weight is 291 g/mol. The Bertz CT molecular complexity index is 500. The molecule has 4 N–H and O–H groups in total. The van der Waals surface area contributed by atoms with E-state index in [-0.39, 0.29) is 30.3 Å². The molecule has 5 heteroatoms. The summed E-state index contributed by atoms with van der Waals surface area (Å²) in [5.74, 6) is -0.488. The fourth-order valence-corrected chi connectivity index (χ4v) is 2.03. The summed E-state index contributed by atoms with van der Waals surface area (Å²) >= 11 is 0. The average Bonchev–Trinajstić information content (AvgIpc) is 2.44. The molecular weight excluding hydrogens is 266 g/mol. The number of nitrogens with two attached hydrogens (primary N) is 1. The van der Waals surface area contributed by atoms with Crippen molar-refractivity contribution in [2.45, 2.75) is 39.8 Å². The van der Waals surface area contributed by atoms with Crippen LogP contribution in [0.2, 0.25) is 0 Å². The summed E-state index contributed by atoms with van der Waals surface area (Å²) in [7, 11) is 0. The summed E-state index contributed by atoms with van der Waals surface area (Å²) in [6.07, 6.45) is 0. The Labute approximate surface area is 126 Å². The number of nitrogens with one attached hydrogen (secondary N) is 2. The van der Waals surface area contributed by atoms with Crippen molar-refractivity contribution >= 4 is 11.8 Å². The first-order chi connectivity index (χ1) is 9.82. The first-order valence-electron chi connectivity index (χ1n) is 7.21. The highest BCUT2D eigenvalue weighted by Crippen LogP contribution is 2.16. The molecular formula is C16H25N3O2. The van der Waals surface area contributed by atoms with E-state index in [1.54, 1.807) is 0 Å². The molecule has 0 aliphatic heterocycles. The van der Waals surface area contributed by atoms with Crippen LogP contribution < -0.4 is 16.4 Å². The molecule has 0 bridgehead atoms. The van der Waals surface area contributed by atoms with E-state index in [2.05, 4.69) is 10.6 Å². The minimum atomic E-state index is -0.591. The summed E-state index contributed by atoms with van der Waals surface area (Å²) in [6, 6.07) is 7.19. The van der Waals surface area contributed by atoms with E-state index in [0.717, 1.165) is 11.1 Å². The van der Waals surface area contributed by atoms with Crippen LogP contribution in [-0.4, -0.2) is 24.4 Å². The van der Waals surface area contributed by atoms with Gasteiger partial charge in [-0.25, -0.2) is 0 Å². The minimum Gasteiger partial charge on any atom is -0.348 e. The van der Waals surface area contributed by atoms with Gasteiger partial charge in [0.1, 0.15) is 0 Å². The number of amides is 2. The lowest BCUT2D eigenvalue weighted by molar-refractivity contribution is -0.127. The third kappa shape index (κ3) is 5.19. The predicted molar refractivity (Wildman–Crippen MR) is 83.6 cm³/mol. The van der Waals surface area contributed by atoms with Crippen molar-refractivity contribution in [3.8, 4) is 0 Å². The van der Waals surface area contributed by atoms with Gasteiger partial charge >= 0.3 is 0 Å². The van der Waals surface area contributed by atoms with Gasteiger partial charge in [-0.05, 0) is 30.9 Å². The molecule has 0 radical (unpaired) electrons. The van der Waals surface area contributed by atoms with Gasteiger partial charge in [0, 0.05) is 0 Å². The van der Waals surface area contributed by atoms with Crippen LogP contribution in [0.15, 0.2) is 24.3 Å². The van der Waals surface area contributed by atoms with Gasteiger partial charge in [-0.2, -0.15) is 0 Å². The fourth-order valence-electron chi connectivity index (χ4n) is 2.03. The Balaban J connectivity index is 2.48.